The fraction of sp³-hybridized carbons (Fsp3) is 0.348. The molecule has 0 bridgehead atoms. The largest absolute Gasteiger partial charge is 0.462 e. The first kappa shape index (κ1) is 26.0. The average Bonchev–Trinajstić information content (AvgIpc) is 3.05. The highest BCUT2D eigenvalue weighted by atomic mass is 32.2. The van der Waals surface area contributed by atoms with Crippen LogP contribution in [0.4, 0.5) is 0 Å². The Balaban J connectivity index is 1.97. The van der Waals surface area contributed by atoms with Crippen molar-refractivity contribution in [3.05, 3.63) is 63.3 Å². The third-order valence-corrected chi connectivity index (χ3v) is 5.82. The minimum atomic E-state index is -3.89. The Labute approximate surface area is 193 Å². The van der Waals surface area contributed by atoms with Crippen molar-refractivity contribution in [2.24, 2.45) is 0 Å². The molecule has 178 valence electrons. The molecule has 9 nitrogen and oxygen atoms in total. The number of aryl methyl sites for hydroxylation is 2. The summed E-state index contributed by atoms with van der Waals surface area (Å²) in [5, 5.41) is 0.946. The number of sulfonamides is 1. The zero-order chi connectivity index (χ0) is 24.8. The lowest BCUT2D eigenvalue weighted by atomic mass is 10.1. The van der Waals surface area contributed by atoms with Crippen LogP contribution in [-0.2, 0) is 24.3 Å². The van der Waals surface area contributed by atoms with Gasteiger partial charge >= 0.3 is 11.9 Å². The Hall–Kier alpha value is -3.24. The molecule has 33 heavy (non-hydrogen) atoms. The van der Waals surface area contributed by atoms with Crippen molar-refractivity contribution < 1.29 is 32.3 Å². The van der Waals surface area contributed by atoms with Crippen LogP contribution in [0.2, 0.25) is 0 Å². The maximum Gasteiger partial charge on any atom is 0.340 e. The fourth-order valence-electron chi connectivity index (χ4n) is 3.05. The second kappa shape index (κ2) is 11.1. The molecule has 0 aliphatic rings. The molecule has 0 aliphatic carbocycles. The quantitative estimate of drug-likeness (QED) is 0.398. The van der Waals surface area contributed by atoms with Gasteiger partial charge in [0.15, 0.2) is 6.10 Å². The van der Waals surface area contributed by atoms with Crippen molar-refractivity contribution in [2.45, 2.75) is 40.7 Å². The summed E-state index contributed by atoms with van der Waals surface area (Å²) >= 11 is 0. The number of ether oxygens (including phenoxy) is 2. The molecule has 0 amide bonds. The average molecular weight is 477 g/mol. The Morgan fingerprint density at radius 1 is 1.12 bits per heavy atom. The molecule has 2 rings (SSSR count). The maximum atomic E-state index is 12.7. The maximum absolute atomic E-state index is 12.7. The van der Waals surface area contributed by atoms with Crippen LogP contribution in [0.3, 0.4) is 0 Å². The lowest BCUT2D eigenvalue weighted by Crippen LogP contribution is -2.33. The number of carbonyl (C=O) groups is 3. The number of rotatable bonds is 10. The molecule has 0 saturated heterocycles. The highest BCUT2D eigenvalue weighted by molar-refractivity contribution is 7.92. The van der Waals surface area contributed by atoms with E-state index in [1.165, 1.54) is 13.0 Å². The van der Waals surface area contributed by atoms with Gasteiger partial charge in [-0.05, 0) is 51.8 Å². The van der Waals surface area contributed by atoms with Crippen LogP contribution in [0, 0.1) is 20.8 Å². The molecule has 0 saturated carbocycles. The first-order valence-corrected chi connectivity index (χ1v) is 11.8. The molecule has 2 aromatic rings. The Morgan fingerprint density at radius 2 is 1.76 bits per heavy atom. The van der Waals surface area contributed by atoms with E-state index >= 15 is 0 Å². The molecule has 1 atom stereocenters. The monoisotopic (exact) mass is 476 g/mol. The predicted molar refractivity (Wildman–Crippen MR) is 123 cm³/mol. The number of Topliss-reactive ketones (excluding diaryl/α,β-unsaturated/α-hetero) is 1. The summed E-state index contributed by atoms with van der Waals surface area (Å²) in [6, 6.07) is 7.22. The Kier molecular flexibility index (Phi) is 8.72. The van der Waals surface area contributed by atoms with Crippen LogP contribution in [-0.4, -0.2) is 50.4 Å². The van der Waals surface area contributed by atoms with E-state index < -0.39 is 40.4 Å². The second-order valence-corrected chi connectivity index (χ2v) is 9.07. The van der Waals surface area contributed by atoms with Gasteiger partial charge in [0.2, 0.25) is 15.8 Å². The van der Waals surface area contributed by atoms with E-state index in [0.717, 1.165) is 11.0 Å². The molecule has 1 aromatic carbocycles. The van der Waals surface area contributed by atoms with Crippen molar-refractivity contribution in [2.75, 3.05) is 13.2 Å². The van der Waals surface area contributed by atoms with E-state index in [1.807, 2.05) is 19.1 Å². The smallest absolute Gasteiger partial charge is 0.340 e. The van der Waals surface area contributed by atoms with E-state index in [4.69, 9.17) is 9.47 Å². The number of esters is 2. The normalized spacial score (nSPS) is 12.5. The molecule has 0 fully saturated rings. The number of benzene rings is 1. The van der Waals surface area contributed by atoms with Crippen LogP contribution in [0.1, 0.15) is 57.1 Å². The van der Waals surface area contributed by atoms with Crippen LogP contribution in [0.5, 0.6) is 0 Å². The fourth-order valence-corrected chi connectivity index (χ4v) is 3.81. The number of aromatic nitrogens is 1. The number of hydrogen-bond acceptors (Lipinski definition) is 7. The zero-order valence-corrected chi connectivity index (χ0v) is 20.0. The molecule has 0 radical (unpaired) electrons. The van der Waals surface area contributed by atoms with Gasteiger partial charge < -0.3 is 14.5 Å². The van der Waals surface area contributed by atoms with Gasteiger partial charge in [-0.3, -0.25) is 9.59 Å². The van der Waals surface area contributed by atoms with Crippen molar-refractivity contribution in [1.29, 1.82) is 0 Å². The van der Waals surface area contributed by atoms with Crippen molar-refractivity contribution in [3.63, 3.8) is 0 Å². The third kappa shape index (κ3) is 7.13. The lowest BCUT2D eigenvalue weighted by molar-refractivity contribution is -0.144. The van der Waals surface area contributed by atoms with E-state index in [9.17, 15) is 22.8 Å². The highest BCUT2D eigenvalue weighted by Gasteiger charge is 2.27. The minimum absolute atomic E-state index is 0.123. The lowest BCUT2D eigenvalue weighted by Gasteiger charge is -2.12. The molecular weight excluding hydrogens is 448 g/mol. The molecule has 1 heterocycles. The van der Waals surface area contributed by atoms with E-state index in [0.29, 0.717) is 16.8 Å². The highest BCUT2D eigenvalue weighted by Crippen LogP contribution is 2.21. The van der Waals surface area contributed by atoms with Gasteiger partial charge in [-0.15, -0.1) is 0 Å². The summed E-state index contributed by atoms with van der Waals surface area (Å²) in [5.74, 6) is -2.03. The van der Waals surface area contributed by atoms with Gasteiger partial charge in [-0.2, -0.15) is 0 Å². The minimum Gasteiger partial charge on any atom is -0.462 e. The van der Waals surface area contributed by atoms with Crippen LogP contribution in [0.15, 0.2) is 29.7 Å². The Morgan fingerprint density at radius 3 is 2.36 bits per heavy atom. The van der Waals surface area contributed by atoms with Gasteiger partial charge in [0.05, 0.1) is 17.9 Å². The second-order valence-electron chi connectivity index (χ2n) is 7.42. The van der Waals surface area contributed by atoms with Gasteiger partial charge in [0.25, 0.3) is 0 Å². The van der Waals surface area contributed by atoms with Gasteiger partial charge in [0.1, 0.15) is 6.54 Å². The summed E-state index contributed by atoms with van der Waals surface area (Å²) in [5.41, 5.74) is 2.96. The summed E-state index contributed by atoms with van der Waals surface area (Å²) in [6.45, 7) is 7.73. The van der Waals surface area contributed by atoms with Gasteiger partial charge in [-0.1, -0.05) is 29.8 Å². The zero-order valence-electron chi connectivity index (χ0n) is 19.2. The number of ketones is 1. The van der Waals surface area contributed by atoms with Crippen LogP contribution in [0.25, 0.3) is 6.08 Å². The first-order chi connectivity index (χ1) is 15.4. The van der Waals surface area contributed by atoms with Gasteiger partial charge in [-0.25, -0.2) is 17.9 Å². The Bertz CT molecular complexity index is 1160. The number of aromatic amines is 1. The SMILES string of the molecule is CCOC(=O)c1c(C)[nH]c(C(=O)C(C)OC(=O)CNS(=O)(=O)C=Cc2ccc(C)cc2)c1C. The topological polar surface area (TPSA) is 132 Å². The van der Waals surface area contributed by atoms with Crippen molar-refractivity contribution >= 4 is 33.8 Å². The summed E-state index contributed by atoms with van der Waals surface area (Å²) in [6.07, 6.45) is 0.202. The van der Waals surface area contributed by atoms with Crippen LogP contribution < -0.4 is 4.72 Å². The first-order valence-electron chi connectivity index (χ1n) is 10.3. The van der Waals surface area contributed by atoms with E-state index in [2.05, 4.69) is 9.71 Å². The summed E-state index contributed by atoms with van der Waals surface area (Å²) in [7, 11) is -3.89. The third-order valence-electron chi connectivity index (χ3n) is 4.78. The molecular formula is C23H28N2O7S. The molecule has 1 unspecified atom stereocenters. The van der Waals surface area contributed by atoms with Gasteiger partial charge in [0, 0.05) is 11.1 Å². The number of carbonyl (C=O) groups excluding carboxylic acids is 3. The van der Waals surface area contributed by atoms with Crippen LogP contribution >= 0.6 is 0 Å². The number of nitrogens with one attached hydrogen (secondary N) is 2. The molecule has 1 aromatic heterocycles. The van der Waals surface area contributed by atoms with Crippen molar-refractivity contribution in [1.82, 2.24) is 9.71 Å². The van der Waals surface area contributed by atoms with Crippen molar-refractivity contribution in [3.8, 4) is 0 Å². The summed E-state index contributed by atoms with van der Waals surface area (Å²) in [4.78, 5) is 39.7. The predicted octanol–water partition coefficient (Wildman–Crippen LogP) is 2.82. The summed E-state index contributed by atoms with van der Waals surface area (Å²) < 4.78 is 36.4. The molecule has 2 N–H and O–H groups in total. The molecule has 0 spiro atoms. The number of H-pyrrole nitrogens is 1. The standard InChI is InChI=1S/C23H28N2O7S/c1-6-31-23(28)20-15(3)21(25-16(20)4)22(27)17(5)32-19(26)13-24-33(29,30)12-11-18-9-7-14(2)8-10-18/h7-12,17,24-25H,6,13H2,1-5H3. The number of hydrogen-bond donors (Lipinski definition) is 2. The van der Waals surface area contributed by atoms with E-state index in [1.54, 1.807) is 32.9 Å². The molecule has 10 heteroatoms. The molecule has 0 aliphatic heterocycles. The van der Waals surface area contributed by atoms with E-state index in [-0.39, 0.29) is 17.9 Å².